The lowest BCUT2D eigenvalue weighted by molar-refractivity contribution is -0.384. The summed E-state index contributed by atoms with van der Waals surface area (Å²) in [7, 11) is 0. The van der Waals surface area contributed by atoms with Crippen LogP contribution in [0.1, 0.15) is 10.4 Å². The molecule has 1 heterocycles. The van der Waals surface area contributed by atoms with Gasteiger partial charge in [0.1, 0.15) is 0 Å². The normalized spacial score (nSPS) is 13.6. The first-order valence-electron chi connectivity index (χ1n) is 5.15. The number of hydrogen-bond acceptors (Lipinski definition) is 4. The third-order valence-corrected chi connectivity index (χ3v) is 2.90. The van der Waals surface area contributed by atoms with Crippen LogP contribution in [-0.4, -0.2) is 16.6 Å². The summed E-state index contributed by atoms with van der Waals surface area (Å²) in [5.41, 5.74) is 0.686. The molecule has 1 aliphatic heterocycles. The highest BCUT2D eigenvalue weighted by Crippen LogP contribution is 2.32. The zero-order valence-corrected chi connectivity index (χ0v) is 8.97. The molecule has 6 nitrogen and oxygen atoms in total. The van der Waals surface area contributed by atoms with Gasteiger partial charge in [-0.05, 0) is 22.9 Å². The van der Waals surface area contributed by atoms with Gasteiger partial charge in [0.15, 0.2) is 0 Å². The Labute approximate surface area is 100 Å². The molecule has 2 aromatic rings. The summed E-state index contributed by atoms with van der Waals surface area (Å²) in [5.74, 6) is -1.28. The monoisotopic (exact) mass is 242 g/mol. The maximum Gasteiger partial charge on any atom is 0.296 e. The van der Waals surface area contributed by atoms with E-state index in [1.165, 1.54) is 18.2 Å². The zero-order valence-electron chi connectivity index (χ0n) is 8.97. The van der Waals surface area contributed by atoms with Crippen molar-refractivity contribution < 1.29 is 14.5 Å². The van der Waals surface area contributed by atoms with Gasteiger partial charge in [0.25, 0.3) is 17.4 Å². The zero-order chi connectivity index (χ0) is 12.9. The van der Waals surface area contributed by atoms with Crippen molar-refractivity contribution in [2.24, 2.45) is 0 Å². The fourth-order valence-electron chi connectivity index (χ4n) is 2.07. The number of nitrogens with one attached hydrogen (secondary N) is 1. The Kier molecular flexibility index (Phi) is 1.94. The molecule has 0 unspecified atom stereocenters. The Morgan fingerprint density at radius 2 is 1.89 bits per heavy atom. The van der Waals surface area contributed by atoms with E-state index in [9.17, 15) is 19.7 Å². The van der Waals surface area contributed by atoms with Gasteiger partial charge in [-0.3, -0.25) is 19.7 Å². The average Bonchev–Trinajstić information content (AvgIpc) is 2.65. The fourth-order valence-corrected chi connectivity index (χ4v) is 2.07. The predicted molar refractivity (Wildman–Crippen MR) is 63.6 cm³/mol. The first-order chi connectivity index (χ1) is 8.58. The third-order valence-electron chi connectivity index (χ3n) is 2.90. The number of amides is 1. The van der Waals surface area contributed by atoms with Gasteiger partial charge >= 0.3 is 0 Å². The number of hydrogen-bond donors (Lipinski definition) is 1. The molecule has 0 aliphatic carbocycles. The van der Waals surface area contributed by atoms with Gasteiger partial charge < -0.3 is 5.32 Å². The number of carbonyl (C=O) groups excluding carboxylic acids is 2. The van der Waals surface area contributed by atoms with E-state index in [0.29, 0.717) is 16.5 Å². The molecule has 0 fully saturated rings. The minimum Gasteiger partial charge on any atom is -0.318 e. The highest BCUT2D eigenvalue weighted by Gasteiger charge is 2.29. The molecule has 3 rings (SSSR count). The molecule has 1 aliphatic rings. The molecule has 18 heavy (non-hydrogen) atoms. The van der Waals surface area contributed by atoms with E-state index < -0.39 is 16.6 Å². The molecule has 1 N–H and O–H groups in total. The van der Waals surface area contributed by atoms with E-state index in [1.54, 1.807) is 12.1 Å². The molecular formula is C12H6N2O4. The molecule has 88 valence electrons. The van der Waals surface area contributed by atoms with Crippen molar-refractivity contribution in [3.05, 3.63) is 46.0 Å². The number of nitrogens with zero attached hydrogens (tertiary/aromatic N) is 1. The molecular weight excluding hydrogens is 236 g/mol. The second-order valence-corrected chi connectivity index (χ2v) is 3.93. The molecule has 1 amide bonds. The van der Waals surface area contributed by atoms with E-state index >= 15 is 0 Å². The molecule has 2 aromatic carbocycles. The lowest BCUT2D eigenvalue weighted by atomic mass is 10.0. The van der Waals surface area contributed by atoms with Crippen LogP contribution in [0.15, 0.2) is 30.3 Å². The quantitative estimate of drug-likeness (QED) is 0.469. The number of benzene rings is 2. The van der Waals surface area contributed by atoms with Crippen LogP contribution in [0, 0.1) is 10.1 Å². The summed E-state index contributed by atoms with van der Waals surface area (Å²) in [6.07, 6.45) is 0. The average molecular weight is 242 g/mol. The Hall–Kier alpha value is -2.76. The van der Waals surface area contributed by atoms with Crippen molar-refractivity contribution in [2.45, 2.75) is 0 Å². The first-order valence-corrected chi connectivity index (χ1v) is 5.15. The Bertz CT molecular complexity index is 736. The van der Waals surface area contributed by atoms with Crippen molar-refractivity contribution in [2.75, 3.05) is 5.32 Å². The third kappa shape index (κ3) is 1.29. The van der Waals surface area contributed by atoms with Crippen molar-refractivity contribution in [1.29, 1.82) is 0 Å². The first kappa shape index (κ1) is 10.4. The predicted octanol–water partition coefficient (Wildman–Crippen LogP) is 1.88. The number of carbonyl (C=O) groups is 2. The topological polar surface area (TPSA) is 89.3 Å². The summed E-state index contributed by atoms with van der Waals surface area (Å²) < 4.78 is 0. The summed E-state index contributed by atoms with van der Waals surface area (Å²) in [6.45, 7) is 0. The SMILES string of the molecule is O=C1Nc2ccc3cc([N+](=O)[O-])ccc3c2C1=O. The fraction of sp³-hybridized carbons (Fsp3) is 0. The van der Waals surface area contributed by atoms with Crippen LogP contribution in [0.25, 0.3) is 10.8 Å². The van der Waals surface area contributed by atoms with Gasteiger partial charge in [-0.15, -0.1) is 0 Å². The number of ketones is 1. The summed E-state index contributed by atoms with van der Waals surface area (Å²) in [5, 5.41) is 14.2. The van der Waals surface area contributed by atoms with Crippen LogP contribution in [0.2, 0.25) is 0 Å². The number of non-ortho nitro benzene ring substituents is 1. The maximum absolute atomic E-state index is 11.7. The minimum atomic E-state index is -0.671. The van der Waals surface area contributed by atoms with Gasteiger partial charge in [-0.1, -0.05) is 6.07 Å². The lowest BCUT2D eigenvalue weighted by Gasteiger charge is -2.02. The molecule has 0 spiro atoms. The number of nitro groups is 1. The number of anilines is 1. The van der Waals surface area contributed by atoms with E-state index in [0.717, 1.165) is 0 Å². The lowest BCUT2D eigenvalue weighted by Crippen LogP contribution is -2.12. The van der Waals surface area contributed by atoms with Crippen LogP contribution in [0.5, 0.6) is 0 Å². The Balaban J connectivity index is 2.33. The van der Waals surface area contributed by atoms with Crippen LogP contribution in [0.4, 0.5) is 11.4 Å². The summed E-state index contributed by atoms with van der Waals surface area (Å²) >= 11 is 0. The molecule has 0 bridgehead atoms. The van der Waals surface area contributed by atoms with E-state index in [4.69, 9.17) is 0 Å². The number of nitro benzene ring substituents is 1. The molecule has 0 saturated carbocycles. The Morgan fingerprint density at radius 1 is 1.11 bits per heavy atom. The molecule has 0 radical (unpaired) electrons. The second kappa shape index (κ2) is 3.36. The van der Waals surface area contributed by atoms with E-state index in [-0.39, 0.29) is 11.3 Å². The standard InChI is InChI=1S/C12H6N2O4/c15-11-10-8-3-2-7(14(17)18)5-6(8)1-4-9(10)13-12(11)16/h1-5H,(H,13,15,16). The van der Waals surface area contributed by atoms with Crippen LogP contribution in [0.3, 0.4) is 0 Å². The number of fused-ring (bicyclic) bond motifs is 3. The van der Waals surface area contributed by atoms with Crippen molar-refractivity contribution in [3.63, 3.8) is 0 Å². The minimum absolute atomic E-state index is 0.0489. The number of rotatable bonds is 1. The van der Waals surface area contributed by atoms with Gasteiger partial charge in [0.05, 0.1) is 16.2 Å². The maximum atomic E-state index is 11.7. The molecule has 0 atom stereocenters. The van der Waals surface area contributed by atoms with Gasteiger partial charge in [-0.2, -0.15) is 0 Å². The van der Waals surface area contributed by atoms with Crippen LogP contribution < -0.4 is 5.32 Å². The second-order valence-electron chi connectivity index (χ2n) is 3.93. The smallest absolute Gasteiger partial charge is 0.296 e. The Morgan fingerprint density at radius 3 is 2.61 bits per heavy atom. The number of Topliss-reactive ketones (excluding diaryl/α,β-unsaturated/α-hetero) is 1. The van der Waals surface area contributed by atoms with Crippen molar-refractivity contribution >= 4 is 33.8 Å². The van der Waals surface area contributed by atoms with Crippen molar-refractivity contribution in [1.82, 2.24) is 0 Å². The van der Waals surface area contributed by atoms with Gasteiger partial charge in [-0.25, -0.2) is 0 Å². The van der Waals surface area contributed by atoms with E-state index in [2.05, 4.69) is 5.32 Å². The molecule has 0 aromatic heterocycles. The largest absolute Gasteiger partial charge is 0.318 e. The van der Waals surface area contributed by atoms with Gasteiger partial charge in [0.2, 0.25) is 0 Å². The highest BCUT2D eigenvalue weighted by molar-refractivity contribution is 6.53. The van der Waals surface area contributed by atoms with E-state index in [1.807, 2.05) is 0 Å². The van der Waals surface area contributed by atoms with Crippen LogP contribution in [-0.2, 0) is 4.79 Å². The van der Waals surface area contributed by atoms with Crippen LogP contribution >= 0.6 is 0 Å². The summed E-state index contributed by atoms with van der Waals surface area (Å²) in [4.78, 5) is 33.1. The molecule has 6 heteroatoms. The molecule has 0 saturated heterocycles. The summed E-state index contributed by atoms with van der Waals surface area (Å²) in [6, 6.07) is 7.40. The van der Waals surface area contributed by atoms with Gasteiger partial charge in [0, 0.05) is 12.1 Å². The highest BCUT2D eigenvalue weighted by atomic mass is 16.6. The van der Waals surface area contributed by atoms with Crippen molar-refractivity contribution in [3.8, 4) is 0 Å².